The molecule has 2 aromatic heterocycles. The molecular formula is C10H12N6O3. The SMILES string of the molecule is CC(=O)c1ncn2c(=O)n(CC(=O)N(C)C)nnc12. The van der Waals surface area contributed by atoms with E-state index in [1.807, 2.05) is 0 Å². The predicted molar refractivity (Wildman–Crippen MR) is 63.7 cm³/mol. The second-order valence-corrected chi connectivity index (χ2v) is 4.16. The van der Waals surface area contributed by atoms with Gasteiger partial charge in [0.25, 0.3) is 0 Å². The van der Waals surface area contributed by atoms with Gasteiger partial charge in [-0.15, -0.1) is 5.10 Å². The normalized spacial score (nSPS) is 10.7. The molecule has 9 nitrogen and oxygen atoms in total. The molecule has 2 heterocycles. The van der Waals surface area contributed by atoms with Crippen molar-refractivity contribution in [3.8, 4) is 0 Å². The molecule has 0 bridgehead atoms. The van der Waals surface area contributed by atoms with E-state index in [9.17, 15) is 14.4 Å². The molecule has 0 aromatic carbocycles. The Morgan fingerprint density at radius 2 is 2.05 bits per heavy atom. The molecule has 2 rings (SSSR count). The Morgan fingerprint density at radius 3 is 2.63 bits per heavy atom. The Kier molecular flexibility index (Phi) is 3.11. The monoisotopic (exact) mass is 264 g/mol. The Morgan fingerprint density at radius 1 is 1.37 bits per heavy atom. The average Bonchev–Trinajstić information content (AvgIpc) is 2.77. The summed E-state index contributed by atoms with van der Waals surface area (Å²) in [5.74, 6) is -0.596. The number of fused-ring (bicyclic) bond motifs is 1. The smallest absolute Gasteiger partial charge is 0.347 e. The maximum atomic E-state index is 12.0. The van der Waals surface area contributed by atoms with Crippen molar-refractivity contribution in [1.82, 2.24) is 29.3 Å². The molecule has 0 spiro atoms. The first-order valence-electron chi connectivity index (χ1n) is 5.43. The van der Waals surface area contributed by atoms with Crippen LogP contribution in [-0.4, -0.2) is 55.1 Å². The zero-order chi connectivity index (χ0) is 14.2. The minimum absolute atomic E-state index is 0.0793. The van der Waals surface area contributed by atoms with Crippen LogP contribution in [0.5, 0.6) is 0 Å². The Balaban J connectivity index is 2.51. The fraction of sp³-hybridized carbons (Fsp3) is 0.400. The van der Waals surface area contributed by atoms with Crippen LogP contribution in [0.3, 0.4) is 0 Å². The van der Waals surface area contributed by atoms with Gasteiger partial charge in [0.05, 0.1) is 0 Å². The van der Waals surface area contributed by atoms with Gasteiger partial charge in [-0.05, 0) is 0 Å². The van der Waals surface area contributed by atoms with E-state index in [0.717, 1.165) is 9.08 Å². The summed E-state index contributed by atoms with van der Waals surface area (Å²) >= 11 is 0. The van der Waals surface area contributed by atoms with Crippen LogP contribution in [-0.2, 0) is 11.3 Å². The fourth-order valence-corrected chi connectivity index (χ4v) is 1.45. The van der Waals surface area contributed by atoms with E-state index in [-0.39, 0.29) is 29.6 Å². The third kappa shape index (κ3) is 2.21. The fourth-order valence-electron chi connectivity index (χ4n) is 1.45. The number of amides is 1. The molecule has 19 heavy (non-hydrogen) atoms. The van der Waals surface area contributed by atoms with E-state index in [4.69, 9.17) is 0 Å². The Bertz CT molecular complexity index is 714. The van der Waals surface area contributed by atoms with Gasteiger partial charge < -0.3 is 4.90 Å². The van der Waals surface area contributed by atoms with Gasteiger partial charge in [-0.25, -0.2) is 14.2 Å². The van der Waals surface area contributed by atoms with E-state index >= 15 is 0 Å². The van der Waals surface area contributed by atoms with Crippen LogP contribution >= 0.6 is 0 Å². The lowest BCUT2D eigenvalue weighted by Crippen LogP contribution is -2.36. The summed E-state index contributed by atoms with van der Waals surface area (Å²) in [6, 6.07) is 0. The number of hydrogen-bond donors (Lipinski definition) is 0. The van der Waals surface area contributed by atoms with Crippen LogP contribution in [0.25, 0.3) is 5.65 Å². The largest absolute Gasteiger partial charge is 0.353 e. The molecule has 0 saturated carbocycles. The average molecular weight is 264 g/mol. The maximum absolute atomic E-state index is 12.0. The number of Topliss-reactive ketones (excluding diaryl/α,β-unsaturated/α-hetero) is 1. The highest BCUT2D eigenvalue weighted by atomic mass is 16.2. The third-order valence-corrected chi connectivity index (χ3v) is 2.53. The predicted octanol–water partition coefficient (Wildman–Crippen LogP) is -1.42. The standard InChI is InChI=1S/C10H12N6O3/c1-6(17)8-9-12-13-16(4-7(18)14(2)3)10(19)15(9)5-11-8/h5H,4H2,1-3H3. The summed E-state index contributed by atoms with van der Waals surface area (Å²) < 4.78 is 2.01. The van der Waals surface area contributed by atoms with Crippen molar-refractivity contribution < 1.29 is 9.59 Å². The highest BCUT2D eigenvalue weighted by molar-refractivity contribution is 5.97. The number of carbonyl (C=O) groups is 2. The van der Waals surface area contributed by atoms with Crippen molar-refractivity contribution in [2.45, 2.75) is 13.5 Å². The van der Waals surface area contributed by atoms with Gasteiger partial charge in [0.1, 0.15) is 12.9 Å². The topological polar surface area (TPSA) is 102 Å². The molecule has 9 heteroatoms. The van der Waals surface area contributed by atoms with E-state index in [0.29, 0.717) is 0 Å². The van der Waals surface area contributed by atoms with E-state index < -0.39 is 5.69 Å². The lowest BCUT2D eigenvalue weighted by molar-refractivity contribution is -0.129. The molecule has 0 aliphatic carbocycles. The number of aromatic nitrogens is 5. The summed E-state index contributed by atoms with van der Waals surface area (Å²) in [6.07, 6.45) is 1.19. The van der Waals surface area contributed by atoms with Crippen LogP contribution in [0.4, 0.5) is 0 Å². The van der Waals surface area contributed by atoms with Crippen LogP contribution in [0, 0.1) is 0 Å². The lowest BCUT2D eigenvalue weighted by Gasteiger charge is -2.10. The molecule has 0 aliphatic heterocycles. The summed E-state index contributed by atoms with van der Waals surface area (Å²) in [6.45, 7) is 1.10. The van der Waals surface area contributed by atoms with Gasteiger partial charge in [0.15, 0.2) is 17.1 Å². The number of ketones is 1. The summed E-state index contributed by atoms with van der Waals surface area (Å²) in [4.78, 5) is 40.0. The first-order valence-corrected chi connectivity index (χ1v) is 5.43. The van der Waals surface area contributed by atoms with Crippen molar-refractivity contribution in [1.29, 1.82) is 0 Å². The zero-order valence-electron chi connectivity index (χ0n) is 10.7. The van der Waals surface area contributed by atoms with Gasteiger partial charge in [0, 0.05) is 21.0 Å². The van der Waals surface area contributed by atoms with Gasteiger partial charge in [0.2, 0.25) is 5.91 Å². The Hall–Kier alpha value is -2.58. The van der Waals surface area contributed by atoms with Crippen molar-refractivity contribution in [2.24, 2.45) is 0 Å². The molecule has 1 amide bonds. The first kappa shape index (κ1) is 12.9. The minimum atomic E-state index is -0.569. The van der Waals surface area contributed by atoms with Crippen LogP contribution in [0.1, 0.15) is 17.4 Å². The number of likely N-dealkylation sites (N-methyl/N-ethyl adjacent to an activating group) is 1. The number of carbonyl (C=O) groups excluding carboxylic acids is 2. The molecule has 0 saturated heterocycles. The summed E-state index contributed by atoms with van der Waals surface area (Å²) in [5, 5.41) is 7.40. The second-order valence-electron chi connectivity index (χ2n) is 4.16. The van der Waals surface area contributed by atoms with Gasteiger partial charge in [-0.2, -0.15) is 4.68 Å². The van der Waals surface area contributed by atoms with E-state index in [1.165, 1.54) is 18.2 Å². The van der Waals surface area contributed by atoms with Crippen molar-refractivity contribution in [2.75, 3.05) is 14.1 Å². The van der Waals surface area contributed by atoms with Crippen LogP contribution in [0.15, 0.2) is 11.1 Å². The lowest BCUT2D eigenvalue weighted by atomic mass is 10.3. The first-order chi connectivity index (χ1) is 8.91. The van der Waals surface area contributed by atoms with E-state index in [1.54, 1.807) is 14.1 Å². The van der Waals surface area contributed by atoms with Crippen molar-refractivity contribution >= 4 is 17.3 Å². The van der Waals surface area contributed by atoms with Gasteiger partial charge in [-0.3, -0.25) is 9.59 Å². The number of imidazole rings is 1. The third-order valence-electron chi connectivity index (χ3n) is 2.53. The minimum Gasteiger partial charge on any atom is -0.347 e. The Labute approximate surface area is 107 Å². The van der Waals surface area contributed by atoms with Crippen molar-refractivity contribution in [3.63, 3.8) is 0 Å². The highest BCUT2D eigenvalue weighted by Crippen LogP contribution is 2.02. The molecule has 0 aliphatic rings. The number of hydrogen-bond acceptors (Lipinski definition) is 6. The molecule has 0 atom stereocenters. The molecule has 2 aromatic rings. The van der Waals surface area contributed by atoms with Crippen LogP contribution < -0.4 is 5.69 Å². The zero-order valence-corrected chi connectivity index (χ0v) is 10.7. The summed E-state index contributed by atoms with van der Waals surface area (Å²) in [5.41, 5.74) is -0.401. The van der Waals surface area contributed by atoms with E-state index in [2.05, 4.69) is 15.3 Å². The molecular weight excluding hydrogens is 252 g/mol. The molecule has 0 N–H and O–H groups in total. The molecule has 0 unspecified atom stereocenters. The van der Waals surface area contributed by atoms with Gasteiger partial charge >= 0.3 is 5.69 Å². The highest BCUT2D eigenvalue weighted by Gasteiger charge is 2.15. The van der Waals surface area contributed by atoms with Crippen molar-refractivity contribution in [3.05, 3.63) is 22.5 Å². The van der Waals surface area contributed by atoms with Gasteiger partial charge in [-0.1, -0.05) is 5.21 Å². The number of nitrogens with zero attached hydrogens (tertiary/aromatic N) is 6. The molecule has 0 radical (unpaired) electrons. The number of rotatable bonds is 3. The van der Waals surface area contributed by atoms with Crippen LogP contribution in [0.2, 0.25) is 0 Å². The molecule has 100 valence electrons. The maximum Gasteiger partial charge on any atom is 0.353 e. The second kappa shape index (κ2) is 4.59. The summed E-state index contributed by atoms with van der Waals surface area (Å²) in [7, 11) is 3.15. The molecule has 0 fully saturated rings. The quantitative estimate of drug-likeness (QED) is 0.630.